The lowest BCUT2D eigenvalue weighted by Gasteiger charge is -2.02. The van der Waals surface area contributed by atoms with Crippen molar-refractivity contribution in [3.8, 4) is 5.75 Å². The Hall–Kier alpha value is -2.64. The molecule has 0 aliphatic carbocycles. The van der Waals surface area contributed by atoms with Crippen molar-refractivity contribution < 1.29 is 9.53 Å². The maximum absolute atomic E-state index is 12.1. The Labute approximate surface area is 153 Å². The molecule has 0 radical (unpaired) electrons. The van der Waals surface area contributed by atoms with Gasteiger partial charge in [0, 0.05) is 16.6 Å². The molecule has 0 saturated heterocycles. The van der Waals surface area contributed by atoms with Gasteiger partial charge in [-0.05, 0) is 42.5 Å². The van der Waals surface area contributed by atoms with E-state index in [1.165, 1.54) is 0 Å². The van der Waals surface area contributed by atoms with Gasteiger partial charge in [0.05, 0.1) is 17.5 Å². The first-order valence-corrected chi connectivity index (χ1v) is 9.04. The van der Waals surface area contributed by atoms with Gasteiger partial charge in [-0.3, -0.25) is 4.79 Å². The molecule has 0 saturated carbocycles. The number of methoxy groups -OCH3 is 1. The van der Waals surface area contributed by atoms with Crippen LogP contribution in [0.5, 0.6) is 5.75 Å². The summed E-state index contributed by atoms with van der Waals surface area (Å²) in [4.78, 5) is 17.3. The summed E-state index contributed by atoms with van der Waals surface area (Å²) in [6.07, 6.45) is 3.40. The van der Waals surface area contributed by atoms with E-state index in [1.54, 1.807) is 66.9 Å². The molecule has 126 valence electrons. The number of rotatable bonds is 6. The molecule has 1 aromatic carbocycles. The molecule has 5 nitrogen and oxygen atoms in total. The highest BCUT2D eigenvalue weighted by Crippen LogP contribution is 2.31. The fourth-order valence-corrected chi connectivity index (χ4v) is 3.88. The molecule has 0 unspecified atom stereocenters. The van der Waals surface area contributed by atoms with E-state index in [0.29, 0.717) is 11.3 Å². The van der Waals surface area contributed by atoms with Crippen LogP contribution in [0.2, 0.25) is 0 Å². The van der Waals surface area contributed by atoms with Crippen LogP contribution in [0.4, 0.5) is 0 Å². The normalized spacial score (nSPS) is 10.8. The number of nitrogens with zero attached hydrogens (tertiary/aromatic N) is 2. The maximum atomic E-state index is 12.1. The molecule has 0 fully saturated rings. The lowest BCUT2D eigenvalue weighted by molar-refractivity contribution is 0.0955. The van der Waals surface area contributed by atoms with Crippen LogP contribution in [-0.2, 0) is 0 Å². The van der Waals surface area contributed by atoms with Gasteiger partial charge in [-0.1, -0.05) is 23.9 Å². The van der Waals surface area contributed by atoms with Crippen LogP contribution >= 0.6 is 23.1 Å². The first-order chi connectivity index (χ1) is 12.2. The number of amides is 1. The van der Waals surface area contributed by atoms with Crippen molar-refractivity contribution in [3.63, 3.8) is 0 Å². The zero-order chi connectivity index (χ0) is 17.5. The maximum Gasteiger partial charge on any atom is 0.271 e. The number of carbonyl (C=O) groups excluding carboxylic acids is 1. The minimum Gasteiger partial charge on any atom is -0.497 e. The van der Waals surface area contributed by atoms with Gasteiger partial charge in [0.25, 0.3) is 5.91 Å². The summed E-state index contributed by atoms with van der Waals surface area (Å²) < 4.78 is 6.22. The van der Waals surface area contributed by atoms with Crippen LogP contribution in [0, 0.1) is 0 Å². The lowest BCUT2D eigenvalue weighted by atomic mass is 10.2. The van der Waals surface area contributed by atoms with Gasteiger partial charge in [0.1, 0.15) is 10.8 Å². The van der Waals surface area contributed by atoms with Gasteiger partial charge in [-0.2, -0.15) is 5.10 Å². The molecule has 7 heteroatoms. The van der Waals surface area contributed by atoms with E-state index in [1.807, 2.05) is 30.3 Å². The SMILES string of the molecule is COc1cccc(C(=O)N/N=C/c2ccc(Sc3ccccn3)s2)c1. The van der Waals surface area contributed by atoms with Crippen molar-refractivity contribution in [1.82, 2.24) is 10.4 Å². The van der Waals surface area contributed by atoms with Crippen molar-refractivity contribution in [3.05, 3.63) is 71.2 Å². The number of aromatic nitrogens is 1. The zero-order valence-electron chi connectivity index (χ0n) is 13.4. The Kier molecular flexibility index (Phi) is 5.81. The smallest absolute Gasteiger partial charge is 0.271 e. The number of nitrogens with one attached hydrogen (secondary N) is 1. The van der Waals surface area contributed by atoms with Crippen molar-refractivity contribution >= 4 is 35.2 Å². The van der Waals surface area contributed by atoms with Crippen molar-refractivity contribution in [2.75, 3.05) is 7.11 Å². The van der Waals surface area contributed by atoms with Crippen LogP contribution in [0.3, 0.4) is 0 Å². The van der Waals surface area contributed by atoms with Crippen LogP contribution < -0.4 is 10.2 Å². The predicted octanol–water partition coefficient (Wildman–Crippen LogP) is 4.07. The summed E-state index contributed by atoms with van der Waals surface area (Å²) >= 11 is 3.18. The van der Waals surface area contributed by atoms with E-state index in [2.05, 4.69) is 15.5 Å². The highest BCUT2D eigenvalue weighted by molar-refractivity contribution is 8.01. The first kappa shape index (κ1) is 17.2. The number of pyridine rings is 1. The van der Waals surface area contributed by atoms with Gasteiger partial charge in [-0.25, -0.2) is 10.4 Å². The summed E-state index contributed by atoms with van der Waals surface area (Å²) in [7, 11) is 1.56. The van der Waals surface area contributed by atoms with Crippen LogP contribution in [0.1, 0.15) is 15.2 Å². The summed E-state index contributed by atoms with van der Waals surface area (Å²) in [5.74, 6) is 0.348. The average Bonchev–Trinajstić information content (AvgIpc) is 3.09. The Morgan fingerprint density at radius 1 is 1.24 bits per heavy atom. The number of hydrazone groups is 1. The molecule has 0 spiro atoms. The molecule has 1 amide bonds. The van der Waals surface area contributed by atoms with Gasteiger partial charge >= 0.3 is 0 Å². The number of hydrogen-bond acceptors (Lipinski definition) is 6. The highest BCUT2D eigenvalue weighted by atomic mass is 32.2. The van der Waals surface area contributed by atoms with Crippen LogP contribution in [0.25, 0.3) is 0 Å². The molecule has 0 aliphatic rings. The van der Waals surface area contributed by atoms with E-state index >= 15 is 0 Å². The van der Waals surface area contributed by atoms with Gasteiger partial charge in [0.2, 0.25) is 0 Å². The summed E-state index contributed by atoms with van der Waals surface area (Å²) in [5, 5.41) is 4.96. The zero-order valence-corrected chi connectivity index (χ0v) is 15.0. The third kappa shape index (κ3) is 4.91. The third-order valence-electron chi connectivity index (χ3n) is 3.13. The Bertz CT molecular complexity index is 879. The van der Waals surface area contributed by atoms with Gasteiger partial charge < -0.3 is 4.74 Å². The summed E-state index contributed by atoms with van der Waals surface area (Å²) in [5.41, 5.74) is 3.01. The molecule has 3 rings (SSSR count). The van der Waals surface area contributed by atoms with Crippen molar-refractivity contribution in [2.24, 2.45) is 5.10 Å². The predicted molar refractivity (Wildman–Crippen MR) is 101 cm³/mol. The van der Waals surface area contributed by atoms with Crippen LogP contribution in [0.15, 0.2) is 75.1 Å². The van der Waals surface area contributed by atoms with E-state index in [9.17, 15) is 4.79 Å². The fraction of sp³-hybridized carbons (Fsp3) is 0.0556. The molecule has 0 atom stereocenters. The monoisotopic (exact) mass is 369 g/mol. The quantitative estimate of drug-likeness (QED) is 0.526. The van der Waals surface area contributed by atoms with Gasteiger partial charge in [0.15, 0.2) is 0 Å². The van der Waals surface area contributed by atoms with Crippen molar-refractivity contribution in [2.45, 2.75) is 9.24 Å². The Morgan fingerprint density at radius 3 is 2.96 bits per heavy atom. The Morgan fingerprint density at radius 2 is 2.16 bits per heavy atom. The van der Waals surface area contributed by atoms with E-state index in [-0.39, 0.29) is 5.91 Å². The summed E-state index contributed by atoms with van der Waals surface area (Å²) in [6.45, 7) is 0. The first-order valence-electron chi connectivity index (χ1n) is 7.41. The molecule has 0 aliphatic heterocycles. The third-order valence-corrected chi connectivity index (χ3v) is 5.24. The molecule has 0 bridgehead atoms. The van der Waals surface area contributed by atoms with E-state index in [4.69, 9.17) is 4.74 Å². The number of ether oxygens (including phenoxy) is 1. The fourth-order valence-electron chi connectivity index (χ4n) is 1.95. The van der Waals surface area contributed by atoms with E-state index in [0.717, 1.165) is 14.1 Å². The highest BCUT2D eigenvalue weighted by Gasteiger charge is 2.05. The largest absolute Gasteiger partial charge is 0.497 e. The second kappa shape index (κ2) is 8.46. The molecule has 1 N–H and O–H groups in total. The topological polar surface area (TPSA) is 63.6 Å². The number of benzene rings is 1. The van der Waals surface area contributed by atoms with Gasteiger partial charge in [-0.15, -0.1) is 11.3 Å². The number of hydrogen-bond donors (Lipinski definition) is 1. The Balaban J connectivity index is 1.58. The molecular formula is C18H15N3O2S2. The minimum atomic E-state index is -0.283. The second-order valence-electron chi connectivity index (χ2n) is 4.86. The minimum absolute atomic E-state index is 0.283. The lowest BCUT2D eigenvalue weighted by Crippen LogP contribution is -2.17. The molecule has 25 heavy (non-hydrogen) atoms. The second-order valence-corrected chi connectivity index (χ2v) is 7.29. The molecule has 2 aromatic heterocycles. The van der Waals surface area contributed by atoms with E-state index < -0.39 is 0 Å². The molecule has 3 aromatic rings. The average molecular weight is 369 g/mol. The summed E-state index contributed by atoms with van der Waals surface area (Å²) in [6, 6.07) is 16.7. The van der Waals surface area contributed by atoms with Crippen LogP contribution in [-0.4, -0.2) is 24.2 Å². The standard InChI is InChI=1S/C18H15N3O2S2/c1-23-14-6-4-5-13(11-14)18(22)21-20-12-15-8-9-17(24-15)25-16-7-2-3-10-19-16/h2-12H,1H3,(H,21,22)/b20-12+. The number of carbonyl (C=O) groups is 1. The molecular weight excluding hydrogens is 354 g/mol. The van der Waals surface area contributed by atoms with Crippen molar-refractivity contribution in [1.29, 1.82) is 0 Å². The molecule has 2 heterocycles. The number of thiophene rings is 1.